The number of fused-ring (bicyclic) bond motifs is 8. The summed E-state index contributed by atoms with van der Waals surface area (Å²) in [7, 11) is 0. The molecule has 1 nitrogen and oxygen atoms in total. The molecule has 51 heavy (non-hydrogen) atoms. The molecule has 0 N–H and O–H groups in total. The third-order valence-corrected chi connectivity index (χ3v) is 10.3. The normalized spacial score (nSPS) is 14.1. The number of hydrogen-bond acceptors (Lipinski definition) is 1. The van der Waals surface area contributed by atoms with Crippen molar-refractivity contribution in [3.63, 3.8) is 0 Å². The van der Waals surface area contributed by atoms with Crippen LogP contribution < -0.4 is 0 Å². The predicted octanol–water partition coefficient (Wildman–Crippen LogP) is 14.4. The van der Waals surface area contributed by atoms with Crippen molar-refractivity contribution in [2.45, 2.75) is 0 Å². The lowest BCUT2D eigenvalue weighted by Gasteiger charge is -2.20. The highest BCUT2D eigenvalue weighted by Crippen LogP contribution is 2.48. The third-order valence-electron chi connectivity index (χ3n) is 10.3. The Morgan fingerprint density at radius 2 is 0.824 bits per heavy atom. The van der Waals surface area contributed by atoms with Crippen LogP contribution in [0.4, 0.5) is 0 Å². The van der Waals surface area contributed by atoms with Crippen molar-refractivity contribution >= 4 is 75.8 Å². The highest BCUT2D eigenvalue weighted by molar-refractivity contribution is 6.26. The highest BCUT2D eigenvalue weighted by atomic mass is 16.3. The second-order valence-corrected chi connectivity index (χ2v) is 13.0. The third kappa shape index (κ3) is 4.16. The number of rotatable bonds is 3. The number of benzene rings is 10. The Morgan fingerprint density at radius 3 is 1.51 bits per heavy atom. The fraction of sp³-hybridized carbons (Fsp3) is 0. The van der Waals surface area contributed by atoms with Crippen molar-refractivity contribution in [3.05, 3.63) is 182 Å². The summed E-state index contributed by atoms with van der Waals surface area (Å²) in [5, 5.41) is 8.14. The van der Waals surface area contributed by atoms with Gasteiger partial charge in [0.1, 0.15) is 11.2 Å². The van der Waals surface area contributed by atoms with E-state index in [0.29, 0.717) is 22.3 Å². The topological polar surface area (TPSA) is 13.1 Å². The van der Waals surface area contributed by atoms with Crippen LogP contribution in [-0.2, 0) is 0 Å². The molecular formula is C50H30O. The van der Waals surface area contributed by atoms with Crippen LogP contribution in [0.5, 0.6) is 0 Å². The van der Waals surface area contributed by atoms with Gasteiger partial charge in [-0.3, -0.25) is 0 Å². The van der Waals surface area contributed by atoms with Crippen LogP contribution in [0.15, 0.2) is 186 Å². The van der Waals surface area contributed by atoms with E-state index >= 15 is 0 Å². The zero-order valence-electron chi connectivity index (χ0n) is 35.1. The van der Waals surface area contributed by atoms with Crippen LogP contribution in [-0.4, -0.2) is 0 Å². The Bertz CT molecular complexity index is 3580. The van der Waals surface area contributed by atoms with Gasteiger partial charge in [0, 0.05) is 10.8 Å². The van der Waals surface area contributed by atoms with Crippen LogP contribution in [0.25, 0.3) is 109 Å². The van der Waals surface area contributed by atoms with E-state index in [2.05, 4.69) is 30.3 Å². The summed E-state index contributed by atoms with van der Waals surface area (Å²) in [6, 6.07) is 40.7. The molecule has 0 aliphatic heterocycles. The minimum Gasteiger partial charge on any atom is -0.456 e. The van der Waals surface area contributed by atoms with Crippen LogP contribution in [0.2, 0.25) is 0 Å². The molecule has 11 aromatic rings. The molecule has 0 saturated heterocycles. The molecule has 0 aliphatic rings. The molecule has 0 radical (unpaired) electrons. The van der Waals surface area contributed by atoms with Gasteiger partial charge in [-0.15, -0.1) is 0 Å². The zero-order valence-corrected chi connectivity index (χ0v) is 27.1. The first kappa shape index (κ1) is 21.4. The highest BCUT2D eigenvalue weighted by Gasteiger charge is 2.21. The summed E-state index contributed by atoms with van der Waals surface area (Å²) in [6.07, 6.45) is 0. The molecule has 0 atom stereocenters. The molecule has 0 spiro atoms. The molecule has 0 saturated carbocycles. The van der Waals surface area contributed by atoms with E-state index in [0.717, 1.165) is 65.4 Å². The average Bonchev–Trinajstić information content (AvgIpc) is 3.64. The van der Waals surface area contributed by atoms with Gasteiger partial charge >= 0.3 is 0 Å². The smallest absolute Gasteiger partial charge is 0.136 e. The van der Waals surface area contributed by atoms with E-state index < -0.39 is 24.2 Å². The molecular weight excluding hydrogens is 617 g/mol. The van der Waals surface area contributed by atoms with Crippen molar-refractivity contribution in [2.75, 3.05) is 0 Å². The van der Waals surface area contributed by atoms with Crippen molar-refractivity contribution in [1.82, 2.24) is 0 Å². The van der Waals surface area contributed by atoms with Gasteiger partial charge in [-0.25, -0.2) is 0 Å². The molecule has 0 bridgehead atoms. The van der Waals surface area contributed by atoms with E-state index in [1.165, 1.54) is 0 Å². The molecule has 0 amide bonds. The maximum atomic E-state index is 9.53. The molecule has 0 aliphatic carbocycles. The number of hydrogen-bond donors (Lipinski definition) is 0. The second-order valence-electron chi connectivity index (χ2n) is 13.0. The van der Waals surface area contributed by atoms with Crippen LogP contribution in [0.1, 0.15) is 11.0 Å². The van der Waals surface area contributed by atoms with Crippen molar-refractivity contribution in [2.24, 2.45) is 0 Å². The molecule has 236 valence electrons. The Hall–Kier alpha value is -6.70. The first-order valence-corrected chi connectivity index (χ1v) is 16.9. The standard InChI is InChI=1S/C50H30O/c1-2-15-33-30-47-45(29-32(33)14-1)50-39(25-12-26-46(50)51-47)37-27-28-44(36-19-6-5-18-35(36)37)49-42-22-9-7-20-40(42)48(41-21-8-10-23-43(41)49)38-24-11-16-31-13-3-4-17-34(31)38/h1-30H/i7D,8D,9D,10D,20D,21D,22D,23D. The Morgan fingerprint density at radius 1 is 0.333 bits per heavy atom. The van der Waals surface area contributed by atoms with Gasteiger partial charge < -0.3 is 4.42 Å². The van der Waals surface area contributed by atoms with E-state index in [9.17, 15) is 5.48 Å². The van der Waals surface area contributed by atoms with E-state index in [-0.39, 0.29) is 45.7 Å². The lowest BCUT2D eigenvalue weighted by Crippen LogP contribution is -1.93. The van der Waals surface area contributed by atoms with Gasteiger partial charge in [-0.05, 0) is 105 Å². The van der Waals surface area contributed by atoms with Gasteiger partial charge in [0.05, 0.1) is 11.0 Å². The summed E-state index contributed by atoms with van der Waals surface area (Å²) < 4.78 is 80.1. The molecule has 1 heterocycles. The summed E-state index contributed by atoms with van der Waals surface area (Å²) >= 11 is 0. The monoisotopic (exact) mass is 654 g/mol. The quantitative estimate of drug-likeness (QED) is 0.173. The fourth-order valence-electron chi connectivity index (χ4n) is 8.10. The molecule has 1 heteroatoms. The minimum absolute atomic E-state index is 0.184. The van der Waals surface area contributed by atoms with Gasteiger partial charge in [-0.1, -0.05) is 164 Å². The SMILES string of the molecule is [2H]c1c([2H])c([2H])c2c(-c3ccc(-c4cccc5oc6cc7ccccc7cc6c45)c4ccccc34)c3c([2H])c([2H])c([2H])c([2H])c3c(-c3cccc4ccccc34)c2c1[2H]. The Labute approximate surface area is 305 Å². The van der Waals surface area contributed by atoms with Crippen molar-refractivity contribution in [3.8, 4) is 33.4 Å². The second kappa shape index (κ2) is 10.9. The first-order valence-electron chi connectivity index (χ1n) is 20.9. The van der Waals surface area contributed by atoms with Crippen LogP contribution >= 0.6 is 0 Å². The molecule has 10 aromatic carbocycles. The molecule has 0 unspecified atom stereocenters. The molecule has 1 aromatic heterocycles. The maximum absolute atomic E-state index is 9.53. The Kier molecular flexibility index (Phi) is 4.57. The number of furan rings is 1. The minimum atomic E-state index is -0.431. The van der Waals surface area contributed by atoms with Crippen molar-refractivity contribution < 1.29 is 15.4 Å². The van der Waals surface area contributed by atoms with E-state index in [1.54, 1.807) is 0 Å². The lowest BCUT2D eigenvalue weighted by molar-refractivity contribution is 0.669. The fourth-order valence-corrected chi connectivity index (χ4v) is 8.10. The Balaban J connectivity index is 1.32. The van der Waals surface area contributed by atoms with Gasteiger partial charge in [0.15, 0.2) is 0 Å². The van der Waals surface area contributed by atoms with E-state index in [4.69, 9.17) is 9.90 Å². The largest absolute Gasteiger partial charge is 0.456 e. The van der Waals surface area contributed by atoms with E-state index in [1.807, 2.05) is 103 Å². The summed E-state index contributed by atoms with van der Waals surface area (Å²) in [5.41, 5.74) is 5.22. The first-order chi connectivity index (χ1) is 28.6. The summed E-state index contributed by atoms with van der Waals surface area (Å²) in [5.74, 6) is 0. The summed E-state index contributed by atoms with van der Waals surface area (Å²) in [4.78, 5) is 0. The maximum Gasteiger partial charge on any atom is 0.136 e. The van der Waals surface area contributed by atoms with Crippen molar-refractivity contribution in [1.29, 1.82) is 0 Å². The molecule has 11 rings (SSSR count). The molecule has 0 fully saturated rings. The summed E-state index contributed by atoms with van der Waals surface area (Å²) in [6.45, 7) is 0. The van der Waals surface area contributed by atoms with Gasteiger partial charge in [0.2, 0.25) is 0 Å². The lowest BCUT2D eigenvalue weighted by atomic mass is 9.83. The van der Waals surface area contributed by atoms with Gasteiger partial charge in [0.25, 0.3) is 0 Å². The zero-order chi connectivity index (χ0) is 40.4. The predicted molar refractivity (Wildman–Crippen MR) is 218 cm³/mol. The van der Waals surface area contributed by atoms with Gasteiger partial charge in [-0.2, -0.15) is 0 Å². The van der Waals surface area contributed by atoms with Crippen LogP contribution in [0, 0.1) is 0 Å². The average molecular weight is 655 g/mol. The van der Waals surface area contributed by atoms with Crippen LogP contribution in [0.3, 0.4) is 0 Å².